The second-order valence-corrected chi connectivity index (χ2v) is 10.1. The summed E-state index contributed by atoms with van der Waals surface area (Å²) in [4.78, 5) is 24.7. The summed E-state index contributed by atoms with van der Waals surface area (Å²) in [6.07, 6.45) is 15.1. The van der Waals surface area contributed by atoms with E-state index < -0.39 is 0 Å². The van der Waals surface area contributed by atoms with E-state index in [1.54, 1.807) is 0 Å². The highest BCUT2D eigenvalue weighted by atomic mass is 16.5. The van der Waals surface area contributed by atoms with Gasteiger partial charge in [0.25, 0.3) is 0 Å². The first-order valence-corrected chi connectivity index (χ1v) is 12.7. The standard InChI is InChI=1S/C26H48O4/c1-21(2)14-10-8-6-5-7-9-11-18-29-25(27)23-16-12-17-24(20-23)26(28)30-19-13-15-22(3)4/h21-24H,5-20H2,1-4H3. The molecular weight excluding hydrogens is 376 g/mol. The van der Waals surface area contributed by atoms with Crippen LogP contribution in [0.1, 0.15) is 118 Å². The van der Waals surface area contributed by atoms with Gasteiger partial charge in [0.15, 0.2) is 0 Å². The lowest BCUT2D eigenvalue weighted by molar-refractivity contribution is -0.155. The Morgan fingerprint density at radius 2 is 1.10 bits per heavy atom. The van der Waals surface area contributed by atoms with Crippen LogP contribution in [0.25, 0.3) is 0 Å². The van der Waals surface area contributed by atoms with Crippen LogP contribution in [0, 0.1) is 23.7 Å². The summed E-state index contributed by atoms with van der Waals surface area (Å²) in [5, 5.41) is 0. The van der Waals surface area contributed by atoms with Gasteiger partial charge >= 0.3 is 11.9 Å². The summed E-state index contributed by atoms with van der Waals surface area (Å²) in [6, 6.07) is 0. The highest BCUT2D eigenvalue weighted by Gasteiger charge is 2.32. The van der Waals surface area contributed by atoms with Crippen molar-refractivity contribution in [2.45, 2.75) is 118 Å². The molecule has 0 aromatic carbocycles. The molecule has 2 unspecified atom stereocenters. The molecule has 0 amide bonds. The lowest BCUT2D eigenvalue weighted by atomic mass is 9.81. The molecule has 0 aliphatic heterocycles. The van der Waals surface area contributed by atoms with Crippen LogP contribution in [0.3, 0.4) is 0 Å². The summed E-state index contributed by atoms with van der Waals surface area (Å²) in [6.45, 7) is 9.94. The summed E-state index contributed by atoms with van der Waals surface area (Å²) >= 11 is 0. The molecule has 1 fully saturated rings. The first-order valence-electron chi connectivity index (χ1n) is 12.7. The number of unbranched alkanes of at least 4 members (excludes halogenated alkanes) is 6. The van der Waals surface area contributed by atoms with Gasteiger partial charge in [0.2, 0.25) is 0 Å². The van der Waals surface area contributed by atoms with Gasteiger partial charge in [-0.1, -0.05) is 79.1 Å². The third kappa shape index (κ3) is 13.3. The maximum Gasteiger partial charge on any atom is 0.308 e. The van der Waals surface area contributed by atoms with Crippen LogP contribution in [-0.4, -0.2) is 25.2 Å². The number of rotatable bonds is 16. The van der Waals surface area contributed by atoms with Crippen LogP contribution in [0.15, 0.2) is 0 Å². The van der Waals surface area contributed by atoms with Crippen molar-refractivity contribution in [1.82, 2.24) is 0 Å². The first kappa shape index (κ1) is 27.0. The molecule has 176 valence electrons. The Morgan fingerprint density at radius 3 is 1.63 bits per heavy atom. The number of ether oxygens (including phenoxy) is 2. The molecule has 4 heteroatoms. The number of hydrogen-bond donors (Lipinski definition) is 0. The SMILES string of the molecule is CC(C)CCCCCCCCCOC(=O)C1CCCC(C(=O)OCCCC(C)C)C1. The second-order valence-electron chi connectivity index (χ2n) is 10.1. The zero-order valence-corrected chi connectivity index (χ0v) is 20.3. The Bertz CT molecular complexity index is 458. The predicted octanol–water partition coefficient (Wildman–Crippen LogP) is 7.09. The first-order chi connectivity index (χ1) is 14.4. The lowest BCUT2D eigenvalue weighted by Crippen LogP contribution is -2.30. The van der Waals surface area contributed by atoms with Gasteiger partial charge in [0.05, 0.1) is 25.0 Å². The highest BCUT2D eigenvalue weighted by molar-refractivity contribution is 5.76. The number of carbonyl (C=O) groups excluding carboxylic acids is 2. The third-order valence-corrected chi connectivity index (χ3v) is 6.18. The molecule has 2 atom stereocenters. The van der Waals surface area contributed by atoms with Crippen molar-refractivity contribution in [3.05, 3.63) is 0 Å². The fourth-order valence-corrected chi connectivity index (χ4v) is 4.23. The van der Waals surface area contributed by atoms with Gasteiger partial charge in [-0.3, -0.25) is 9.59 Å². The molecule has 30 heavy (non-hydrogen) atoms. The van der Waals surface area contributed by atoms with E-state index in [0.717, 1.165) is 50.9 Å². The van der Waals surface area contributed by atoms with Crippen molar-refractivity contribution in [1.29, 1.82) is 0 Å². The Balaban J connectivity index is 2.08. The van der Waals surface area contributed by atoms with Crippen LogP contribution in [0.4, 0.5) is 0 Å². The van der Waals surface area contributed by atoms with Crippen LogP contribution in [0.2, 0.25) is 0 Å². The van der Waals surface area contributed by atoms with Gasteiger partial charge in [0.1, 0.15) is 0 Å². The van der Waals surface area contributed by atoms with E-state index >= 15 is 0 Å². The topological polar surface area (TPSA) is 52.6 Å². The van der Waals surface area contributed by atoms with E-state index in [9.17, 15) is 9.59 Å². The molecule has 1 saturated carbocycles. The van der Waals surface area contributed by atoms with Gasteiger partial charge in [-0.2, -0.15) is 0 Å². The average Bonchev–Trinajstić information content (AvgIpc) is 2.72. The largest absolute Gasteiger partial charge is 0.465 e. The average molecular weight is 425 g/mol. The van der Waals surface area contributed by atoms with Crippen molar-refractivity contribution >= 4 is 11.9 Å². The molecular formula is C26H48O4. The van der Waals surface area contributed by atoms with Crippen molar-refractivity contribution < 1.29 is 19.1 Å². The molecule has 0 aromatic heterocycles. The van der Waals surface area contributed by atoms with Crippen molar-refractivity contribution in [2.75, 3.05) is 13.2 Å². The smallest absolute Gasteiger partial charge is 0.308 e. The normalized spacial score (nSPS) is 19.3. The van der Waals surface area contributed by atoms with Crippen LogP contribution >= 0.6 is 0 Å². The summed E-state index contributed by atoms with van der Waals surface area (Å²) < 4.78 is 11.0. The number of carbonyl (C=O) groups is 2. The van der Waals surface area contributed by atoms with Gasteiger partial charge < -0.3 is 9.47 Å². The molecule has 0 spiro atoms. The minimum atomic E-state index is -0.133. The Labute approximate surface area is 185 Å². The number of hydrogen-bond acceptors (Lipinski definition) is 4. The van der Waals surface area contributed by atoms with Gasteiger partial charge in [-0.05, 0) is 50.4 Å². The van der Waals surface area contributed by atoms with E-state index in [2.05, 4.69) is 27.7 Å². The monoisotopic (exact) mass is 424 g/mol. The van der Waals surface area contributed by atoms with Crippen molar-refractivity contribution in [3.63, 3.8) is 0 Å². The third-order valence-electron chi connectivity index (χ3n) is 6.18. The molecule has 0 bridgehead atoms. The van der Waals surface area contributed by atoms with Gasteiger partial charge in [-0.25, -0.2) is 0 Å². The summed E-state index contributed by atoms with van der Waals surface area (Å²) in [7, 11) is 0. The fraction of sp³-hybridized carbons (Fsp3) is 0.923. The van der Waals surface area contributed by atoms with E-state index in [1.165, 1.54) is 38.5 Å². The maximum absolute atomic E-state index is 12.4. The minimum Gasteiger partial charge on any atom is -0.465 e. The van der Waals surface area contributed by atoms with Crippen molar-refractivity contribution in [2.24, 2.45) is 23.7 Å². The molecule has 0 radical (unpaired) electrons. The van der Waals surface area contributed by atoms with E-state index in [-0.39, 0.29) is 23.8 Å². The second kappa shape index (κ2) is 16.6. The Hall–Kier alpha value is -1.06. The van der Waals surface area contributed by atoms with E-state index in [4.69, 9.17) is 9.47 Å². The highest BCUT2D eigenvalue weighted by Crippen LogP contribution is 2.31. The molecule has 0 N–H and O–H groups in total. The van der Waals surface area contributed by atoms with E-state index in [1.807, 2.05) is 0 Å². The molecule has 0 heterocycles. The summed E-state index contributed by atoms with van der Waals surface area (Å²) in [5.41, 5.74) is 0. The van der Waals surface area contributed by atoms with Crippen LogP contribution < -0.4 is 0 Å². The van der Waals surface area contributed by atoms with Crippen LogP contribution in [-0.2, 0) is 19.1 Å². The zero-order valence-electron chi connectivity index (χ0n) is 20.3. The van der Waals surface area contributed by atoms with E-state index in [0.29, 0.717) is 25.6 Å². The van der Waals surface area contributed by atoms with Gasteiger partial charge in [0, 0.05) is 0 Å². The Morgan fingerprint density at radius 1 is 0.667 bits per heavy atom. The quantitative estimate of drug-likeness (QED) is 0.196. The molecule has 1 aliphatic rings. The summed E-state index contributed by atoms with van der Waals surface area (Å²) in [5.74, 6) is 0.955. The molecule has 4 nitrogen and oxygen atoms in total. The number of esters is 2. The minimum absolute atomic E-state index is 0.110. The zero-order chi connectivity index (χ0) is 22.2. The molecule has 0 saturated heterocycles. The Kier molecular flexibility index (Phi) is 14.9. The van der Waals surface area contributed by atoms with Crippen molar-refractivity contribution in [3.8, 4) is 0 Å². The molecule has 1 rings (SSSR count). The van der Waals surface area contributed by atoms with Crippen LogP contribution in [0.5, 0.6) is 0 Å². The van der Waals surface area contributed by atoms with Gasteiger partial charge in [-0.15, -0.1) is 0 Å². The lowest BCUT2D eigenvalue weighted by Gasteiger charge is -2.26. The molecule has 0 aromatic rings. The maximum atomic E-state index is 12.4. The fourth-order valence-electron chi connectivity index (χ4n) is 4.23. The predicted molar refractivity (Wildman–Crippen MR) is 123 cm³/mol. The molecule has 1 aliphatic carbocycles.